The van der Waals surface area contributed by atoms with Gasteiger partial charge in [-0.05, 0) is 26.0 Å². The molecule has 1 heterocycles. The van der Waals surface area contributed by atoms with Crippen molar-refractivity contribution in [1.82, 2.24) is 4.57 Å². The van der Waals surface area contributed by atoms with Crippen LogP contribution in [0.2, 0.25) is 0 Å². The molecule has 1 unspecified atom stereocenters. The molecule has 1 aromatic rings. The van der Waals surface area contributed by atoms with E-state index in [0.717, 1.165) is 5.69 Å². The highest BCUT2D eigenvalue weighted by Gasteiger charge is 2.12. The number of nitrogens with zero attached hydrogens (tertiary/aromatic N) is 1. The van der Waals surface area contributed by atoms with Crippen LogP contribution >= 0.6 is 0 Å². The molecular weight excluding hydrogens is 142 g/mol. The van der Waals surface area contributed by atoms with Crippen LogP contribution in [-0.4, -0.2) is 15.6 Å². The minimum absolute atomic E-state index is 0.468. The fourth-order valence-electron chi connectivity index (χ4n) is 1.03. The van der Waals surface area contributed by atoms with E-state index >= 15 is 0 Å². The zero-order valence-corrected chi connectivity index (χ0v) is 6.61. The molecule has 1 N–H and O–H groups in total. The standard InChI is InChI=1S/C8H11NO2/c1-6-4-3-5-9(6)7(2)8(10)11/h3-5,7H,1-2H3,(H,10,11). The molecule has 3 nitrogen and oxygen atoms in total. The Morgan fingerprint density at radius 2 is 2.36 bits per heavy atom. The van der Waals surface area contributed by atoms with Crippen molar-refractivity contribution >= 4 is 5.97 Å². The van der Waals surface area contributed by atoms with E-state index in [2.05, 4.69) is 0 Å². The molecule has 1 aromatic heterocycles. The lowest BCUT2D eigenvalue weighted by Crippen LogP contribution is -2.15. The molecule has 60 valence electrons. The molecule has 3 heteroatoms. The lowest BCUT2D eigenvalue weighted by atomic mass is 10.3. The van der Waals surface area contributed by atoms with E-state index in [4.69, 9.17) is 5.11 Å². The summed E-state index contributed by atoms with van der Waals surface area (Å²) in [6, 6.07) is 3.26. The summed E-state index contributed by atoms with van der Waals surface area (Å²) in [6.07, 6.45) is 1.77. The number of aliphatic carboxylic acids is 1. The summed E-state index contributed by atoms with van der Waals surface area (Å²) in [5.74, 6) is -0.802. The molecule has 0 saturated carbocycles. The molecule has 0 spiro atoms. The van der Waals surface area contributed by atoms with Gasteiger partial charge in [0.05, 0.1) is 0 Å². The van der Waals surface area contributed by atoms with Crippen molar-refractivity contribution in [3.63, 3.8) is 0 Å². The molecular formula is C8H11NO2. The number of carboxylic acid groups (broad SMARTS) is 1. The van der Waals surface area contributed by atoms with Gasteiger partial charge < -0.3 is 9.67 Å². The summed E-state index contributed by atoms with van der Waals surface area (Å²) in [5, 5.41) is 8.66. The third-order valence-electron chi connectivity index (χ3n) is 1.77. The Labute approximate surface area is 65.3 Å². The van der Waals surface area contributed by atoms with Gasteiger partial charge in [0.25, 0.3) is 0 Å². The maximum absolute atomic E-state index is 10.5. The van der Waals surface area contributed by atoms with E-state index in [1.807, 2.05) is 19.1 Å². The van der Waals surface area contributed by atoms with E-state index in [-0.39, 0.29) is 0 Å². The number of aromatic nitrogens is 1. The molecule has 0 fully saturated rings. The summed E-state index contributed by atoms with van der Waals surface area (Å²) in [4.78, 5) is 10.5. The van der Waals surface area contributed by atoms with Crippen LogP contribution in [0.4, 0.5) is 0 Å². The summed E-state index contributed by atoms with van der Waals surface area (Å²) < 4.78 is 1.72. The van der Waals surface area contributed by atoms with Crippen molar-refractivity contribution in [3.8, 4) is 0 Å². The Hall–Kier alpha value is -1.25. The van der Waals surface area contributed by atoms with Crippen molar-refractivity contribution in [2.24, 2.45) is 0 Å². The first kappa shape index (κ1) is 7.85. The molecule has 0 saturated heterocycles. The Bertz CT molecular complexity index is 265. The van der Waals surface area contributed by atoms with Gasteiger partial charge in [0.1, 0.15) is 6.04 Å². The van der Waals surface area contributed by atoms with Gasteiger partial charge in [0.2, 0.25) is 0 Å². The van der Waals surface area contributed by atoms with Crippen LogP contribution in [0.5, 0.6) is 0 Å². The van der Waals surface area contributed by atoms with Gasteiger partial charge in [-0.1, -0.05) is 0 Å². The van der Waals surface area contributed by atoms with Crippen LogP contribution < -0.4 is 0 Å². The zero-order valence-electron chi connectivity index (χ0n) is 6.61. The van der Waals surface area contributed by atoms with Crippen LogP contribution in [0, 0.1) is 6.92 Å². The number of hydrogen-bond donors (Lipinski definition) is 1. The predicted octanol–water partition coefficient (Wildman–Crippen LogP) is 1.44. The van der Waals surface area contributed by atoms with Gasteiger partial charge >= 0.3 is 5.97 Å². The van der Waals surface area contributed by atoms with Crippen molar-refractivity contribution < 1.29 is 9.90 Å². The number of rotatable bonds is 2. The van der Waals surface area contributed by atoms with Crippen LogP contribution in [0.15, 0.2) is 18.3 Å². The summed E-state index contributed by atoms with van der Waals surface area (Å²) in [5.41, 5.74) is 0.972. The van der Waals surface area contributed by atoms with Crippen LogP contribution in [0.1, 0.15) is 18.7 Å². The van der Waals surface area contributed by atoms with E-state index in [1.54, 1.807) is 17.7 Å². The Morgan fingerprint density at radius 1 is 1.73 bits per heavy atom. The number of carbonyl (C=O) groups is 1. The second-order valence-corrected chi connectivity index (χ2v) is 2.57. The van der Waals surface area contributed by atoms with Crippen molar-refractivity contribution in [1.29, 1.82) is 0 Å². The van der Waals surface area contributed by atoms with Crippen molar-refractivity contribution in [3.05, 3.63) is 24.0 Å². The average Bonchev–Trinajstić information content (AvgIpc) is 2.33. The van der Waals surface area contributed by atoms with E-state index in [1.165, 1.54) is 0 Å². The summed E-state index contributed by atoms with van der Waals surface area (Å²) >= 11 is 0. The largest absolute Gasteiger partial charge is 0.480 e. The first-order valence-corrected chi connectivity index (χ1v) is 3.49. The maximum atomic E-state index is 10.5. The van der Waals surface area contributed by atoms with Crippen LogP contribution in [0.25, 0.3) is 0 Å². The zero-order chi connectivity index (χ0) is 8.43. The monoisotopic (exact) mass is 153 g/mol. The highest BCUT2D eigenvalue weighted by molar-refractivity contribution is 5.71. The first-order valence-electron chi connectivity index (χ1n) is 3.49. The van der Waals surface area contributed by atoms with E-state index in [9.17, 15) is 4.79 Å². The van der Waals surface area contributed by atoms with Crippen LogP contribution in [0.3, 0.4) is 0 Å². The van der Waals surface area contributed by atoms with Crippen molar-refractivity contribution in [2.75, 3.05) is 0 Å². The molecule has 0 aliphatic rings. The molecule has 0 aromatic carbocycles. The molecule has 0 amide bonds. The molecule has 0 aliphatic heterocycles. The predicted molar refractivity (Wildman–Crippen MR) is 41.5 cm³/mol. The second-order valence-electron chi connectivity index (χ2n) is 2.57. The van der Waals surface area contributed by atoms with Gasteiger partial charge in [-0.25, -0.2) is 4.79 Å². The molecule has 1 atom stereocenters. The smallest absolute Gasteiger partial charge is 0.326 e. The van der Waals surface area contributed by atoms with E-state index in [0.29, 0.717) is 0 Å². The highest BCUT2D eigenvalue weighted by Crippen LogP contribution is 2.09. The number of aryl methyl sites for hydroxylation is 1. The van der Waals surface area contributed by atoms with Gasteiger partial charge in [0.15, 0.2) is 0 Å². The fourth-order valence-corrected chi connectivity index (χ4v) is 1.03. The lowest BCUT2D eigenvalue weighted by molar-refractivity contribution is -0.140. The molecule has 0 radical (unpaired) electrons. The quantitative estimate of drug-likeness (QED) is 0.698. The minimum Gasteiger partial charge on any atom is -0.480 e. The number of hydrogen-bond acceptors (Lipinski definition) is 1. The van der Waals surface area contributed by atoms with E-state index < -0.39 is 12.0 Å². The van der Waals surface area contributed by atoms with Gasteiger partial charge in [-0.15, -0.1) is 0 Å². The fraction of sp³-hybridized carbons (Fsp3) is 0.375. The van der Waals surface area contributed by atoms with Gasteiger partial charge in [-0.2, -0.15) is 0 Å². The lowest BCUT2D eigenvalue weighted by Gasteiger charge is -2.10. The van der Waals surface area contributed by atoms with Crippen molar-refractivity contribution in [2.45, 2.75) is 19.9 Å². The molecule has 0 bridgehead atoms. The Balaban J connectivity index is 2.92. The van der Waals surface area contributed by atoms with Crippen LogP contribution in [-0.2, 0) is 4.79 Å². The Kier molecular flexibility index (Phi) is 1.98. The third kappa shape index (κ3) is 1.42. The maximum Gasteiger partial charge on any atom is 0.326 e. The SMILES string of the molecule is Cc1cccn1C(C)C(=O)O. The second kappa shape index (κ2) is 2.78. The molecule has 1 rings (SSSR count). The summed E-state index contributed by atoms with van der Waals surface area (Å²) in [7, 11) is 0. The summed E-state index contributed by atoms with van der Waals surface area (Å²) in [6.45, 7) is 3.55. The third-order valence-corrected chi connectivity index (χ3v) is 1.77. The topological polar surface area (TPSA) is 42.2 Å². The number of carboxylic acids is 1. The first-order chi connectivity index (χ1) is 5.13. The van der Waals surface area contributed by atoms with Gasteiger partial charge in [0, 0.05) is 11.9 Å². The average molecular weight is 153 g/mol. The molecule has 0 aliphatic carbocycles. The highest BCUT2D eigenvalue weighted by atomic mass is 16.4. The van der Waals surface area contributed by atoms with Gasteiger partial charge in [-0.3, -0.25) is 0 Å². The normalized spacial score (nSPS) is 12.9. The Morgan fingerprint density at radius 3 is 2.73 bits per heavy atom. The molecule has 11 heavy (non-hydrogen) atoms. The minimum atomic E-state index is -0.802.